The molecule has 1 aliphatic rings. The van der Waals surface area contributed by atoms with Gasteiger partial charge in [0.25, 0.3) is 0 Å². The zero-order valence-corrected chi connectivity index (χ0v) is 4.52. The third-order valence-electron chi connectivity index (χ3n) is 1.02. The lowest BCUT2D eigenvalue weighted by molar-refractivity contribution is -0.0430. The van der Waals surface area contributed by atoms with E-state index in [1.807, 2.05) is 0 Å². The van der Waals surface area contributed by atoms with Crippen LogP contribution in [0, 0.1) is 0 Å². The third kappa shape index (κ3) is 1.80. The van der Waals surface area contributed by atoms with Crippen LogP contribution in [0.25, 0.3) is 0 Å². The molecule has 1 fully saturated rings. The fourth-order valence-electron chi connectivity index (χ4n) is 0.643. The van der Waals surface area contributed by atoms with Gasteiger partial charge in [-0.05, 0) is 6.42 Å². The van der Waals surface area contributed by atoms with Crippen LogP contribution < -0.4 is 0 Å². The summed E-state index contributed by atoms with van der Waals surface area (Å²) in [6.07, 6.45) is 1.07. The second kappa shape index (κ2) is 3.87. The van der Waals surface area contributed by atoms with Crippen LogP contribution in [0.4, 0.5) is 0 Å². The van der Waals surface area contributed by atoms with E-state index in [2.05, 4.69) is 6.92 Å². The second-order valence-corrected chi connectivity index (χ2v) is 1.58. The van der Waals surface area contributed by atoms with Gasteiger partial charge in [-0.1, -0.05) is 14.4 Å². The van der Waals surface area contributed by atoms with Crippen LogP contribution in [0.15, 0.2) is 0 Å². The van der Waals surface area contributed by atoms with E-state index >= 15 is 0 Å². The van der Waals surface area contributed by atoms with Crippen molar-refractivity contribution in [3.05, 3.63) is 0 Å². The number of ether oxygens (including phenoxy) is 2. The lowest BCUT2D eigenvalue weighted by Gasteiger charge is -2.01. The van der Waals surface area contributed by atoms with Gasteiger partial charge >= 0.3 is 0 Å². The Kier molecular flexibility index (Phi) is 3.83. The summed E-state index contributed by atoms with van der Waals surface area (Å²) in [5.41, 5.74) is 0. The lowest BCUT2D eigenvalue weighted by Crippen LogP contribution is -2.03. The van der Waals surface area contributed by atoms with E-state index in [-0.39, 0.29) is 13.7 Å². The van der Waals surface area contributed by atoms with Gasteiger partial charge in [-0.2, -0.15) is 0 Å². The molecule has 0 bridgehead atoms. The quantitative estimate of drug-likeness (QED) is 0.518. The Labute approximate surface area is 50.8 Å². The molecule has 1 saturated heterocycles. The van der Waals surface area contributed by atoms with Crippen molar-refractivity contribution in [3.63, 3.8) is 0 Å². The summed E-state index contributed by atoms with van der Waals surface area (Å²) in [5, 5.41) is 0. The highest BCUT2D eigenvalue weighted by atomic mass is 16.7. The Balaban J connectivity index is 0.000000490. The van der Waals surface area contributed by atoms with Crippen molar-refractivity contribution in [2.45, 2.75) is 27.1 Å². The van der Waals surface area contributed by atoms with Crippen LogP contribution in [0.2, 0.25) is 0 Å². The summed E-state index contributed by atoms with van der Waals surface area (Å²) in [4.78, 5) is 0. The van der Waals surface area contributed by atoms with Crippen LogP contribution in [0.1, 0.15) is 20.8 Å². The van der Waals surface area contributed by atoms with Gasteiger partial charge in [-0.3, -0.25) is 0 Å². The highest BCUT2D eigenvalue weighted by molar-refractivity contribution is 4.46. The second-order valence-electron chi connectivity index (χ2n) is 1.58. The van der Waals surface area contributed by atoms with Crippen LogP contribution in [0.5, 0.6) is 0 Å². The molecule has 0 aromatic rings. The SMILES string of the molecule is C.CCC1OCCO1. The molecule has 1 heterocycles. The van der Waals surface area contributed by atoms with Crippen molar-refractivity contribution in [2.24, 2.45) is 0 Å². The summed E-state index contributed by atoms with van der Waals surface area (Å²) >= 11 is 0. The van der Waals surface area contributed by atoms with Gasteiger partial charge in [0.1, 0.15) is 0 Å². The maximum Gasteiger partial charge on any atom is 0.157 e. The maximum absolute atomic E-state index is 5.08. The minimum atomic E-state index is 0. The molecule has 1 aliphatic heterocycles. The zero-order chi connectivity index (χ0) is 5.11. The van der Waals surface area contributed by atoms with Gasteiger partial charge in [0, 0.05) is 0 Å². The van der Waals surface area contributed by atoms with E-state index in [9.17, 15) is 0 Å². The maximum atomic E-state index is 5.08. The Morgan fingerprint density at radius 1 is 1.38 bits per heavy atom. The summed E-state index contributed by atoms with van der Waals surface area (Å²) < 4.78 is 10.2. The largest absolute Gasteiger partial charge is 0.350 e. The molecule has 0 aromatic carbocycles. The fourth-order valence-corrected chi connectivity index (χ4v) is 0.643. The molecule has 2 heteroatoms. The van der Waals surface area contributed by atoms with E-state index in [0.717, 1.165) is 19.6 Å². The molecule has 50 valence electrons. The molecule has 0 saturated carbocycles. The molecule has 0 amide bonds. The van der Waals surface area contributed by atoms with Gasteiger partial charge in [-0.25, -0.2) is 0 Å². The van der Waals surface area contributed by atoms with Crippen molar-refractivity contribution in [1.29, 1.82) is 0 Å². The summed E-state index contributed by atoms with van der Waals surface area (Å²) in [6.45, 7) is 3.60. The Morgan fingerprint density at radius 3 is 2.12 bits per heavy atom. The number of hydrogen-bond donors (Lipinski definition) is 0. The Morgan fingerprint density at radius 2 is 1.88 bits per heavy atom. The molecule has 0 atom stereocenters. The molecular formula is C6H14O2. The fraction of sp³-hybridized carbons (Fsp3) is 1.00. The predicted molar refractivity (Wildman–Crippen MR) is 32.7 cm³/mol. The van der Waals surface area contributed by atoms with Gasteiger partial charge < -0.3 is 9.47 Å². The number of hydrogen-bond acceptors (Lipinski definition) is 2. The monoisotopic (exact) mass is 118 g/mol. The molecule has 1 rings (SSSR count). The van der Waals surface area contributed by atoms with E-state index < -0.39 is 0 Å². The van der Waals surface area contributed by atoms with Gasteiger partial charge in [0.15, 0.2) is 6.29 Å². The minimum absolute atomic E-state index is 0. The Hall–Kier alpha value is -0.0800. The molecule has 0 radical (unpaired) electrons. The molecule has 2 nitrogen and oxygen atoms in total. The van der Waals surface area contributed by atoms with Crippen LogP contribution in [-0.2, 0) is 9.47 Å². The first-order chi connectivity index (χ1) is 3.43. The Bertz CT molecular complexity index is 48.5. The normalized spacial score (nSPS) is 20.6. The summed E-state index contributed by atoms with van der Waals surface area (Å²) in [5.74, 6) is 0. The zero-order valence-electron chi connectivity index (χ0n) is 4.52. The van der Waals surface area contributed by atoms with E-state index in [4.69, 9.17) is 9.47 Å². The average Bonchev–Trinajstić information content (AvgIpc) is 2.14. The van der Waals surface area contributed by atoms with Crippen LogP contribution >= 0.6 is 0 Å². The number of rotatable bonds is 1. The van der Waals surface area contributed by atoms with Gasteiger partial charge in [0.05, 0.1) is 13.2 Å². The van der Waals surface area contributed by atoms with E-state index in [1.54, 1.807) is 0 Å². The van der Waals surface area contributed by atoms with Gasteiger partial charge in [0.2, 0.25) is 0 Å². The van der Waals surface area contributed by atoms with E-state index in [1.165, 1.54) is 0 Å². The molecule has 0 aromatic heterocycles. The smallest absolute Gasteiger partial charge is 0.157 e. The van der Waals surface area contributed by atoms with Crippen LogP contribution in [0.3, 0.4) is 0 Å². The molecular weight excluding hydrogens is 104 g/mol. The first-order valence-electron chi connectivity index (χ1n) is 2.66. The highest BCUT2D eigenvalue weighted by Gasteiger charge is 2.11. The molecule has 0 aliphatic carbocycles. The van der Waals surface area contributed by atoms with E-state index in [0.29, 0.717) is 0 Å². The topological polar surface area (TPSA) is 18.5 Å². The van der Waals surface area contributed by atoms with Crippen LogP contribution in [-0.4, -0.2) is 19.5 Å². The standard InChI is InChI=1S/C5H10O2.CH4/c1-2-5-6-3-4-7-5;/h5H,2-4H2,1H3;1H4. The third-order valence-corrected chi connectivity index (χ3v) is 1.02. The van der Waals surface area contributed by atoms with Crippen molar-refractivity contribution in [3.8, 4) is 0 Å². The first-order valence-corrected chi connectivity index (χ1v) is 2.66. The summed E-state index contributed by atoms with van der Waals surface area (Å²) in [6, 6.07) is 0. The molecule has 0 spiro atoms. The average molecular weight is 118 g/mol. The van der Waals surface area contributed by atoms with Gasteiger partial charge in [-0.15, -0.1) is 0 Å². The van der Waals surface area contributed by atoms with Crippen molar-refractivity contribution in [1.82, 2.24) is 0 Å². The summed E-state index contributed by atoms with van der Waals surface area (Å²) in [7, 11) is 0. The molecule has 0 unspecified atom stereocenters. The molecule has 8 heavy (non-hydrogen) atoms. The lowest BCUT2D eigenvalue weighted by atomic mass is 10.5. The molecule has 0 N–H and O–H groups in total. The highest BCUT2D eigenvalue weighted by Crippen LogP contribution is 2.05. The van der Waals surface area contributed by atoms with Crippen molar-refractivity contribution in [2.75, 3.05) is 13.2 Å². The first kappa shape index (κ1) is 7.92. The van der Waals surface area contributed by atoms with Crippen molar-refractivity contribution < 1.29 is 9.47 Å². The van der Waals surface area contributed by atoms with Crippen molar-refractivity contribution >= 4 is 0 Å². The predicted octanol–water partition coefficient (Wildman–Crippen LogP) is 1.41. The minimum Gasteiger partial charge on any atom is -0.350 e.